The van der Waals surface area contributed by atoms with Gasteiger partial charge in [0.05, 0.1) is 0 Å². The first-order valence-electron chi connectivity index (χ1n) is 11.0. The Morgan fingerprint density at radius 2 is 1.88 bits per heavy atom. The predicted molar refractivity (Wildman–Crippen MR) is 112 cm³/mol. The van der Waals surface area contributed by atoms with Crippen molar-refractivity contribution < 1.29 is 0 Å². The first kappa shape index (κ1) is 20.3. The Kier molecular flexibility index (Phi) is 9.37. The molecular formula is C25H40. The lowest BCUT2D eigenvalue weighted by Crippen LogP contribution is -2.07. The molecule has 0 nitrogen and oxygen atoms in total. The molecule has 25 heavy (non-hydrogen) atoms. The van der Waals surface area contributed by atoms with Gasteiger partial charge in [-0.15, -0.1) is 0 Å². The average Bonchev–Trinajstić information content (AvgIpc) is 3.10. The molecule has 0 saturated heterocycles. The third-order valence-corrected chi connectivity index (χ3v) is 6.20. The summed E-state index contributed by atoms with van der Waals surface area (Å²) in [5.41, 5.74) is 3.19. The van der Waals surface area contributed by atoms with Crippen LogP contribution in [0.15, 0.2) is 36.4 Å². The largest absolute Gasteiger partial charge is 0.0883 e. The highest BCUT2D eigenvalue weighted by Gasteiger charge is 2.26. The number of benzene rings is 1. The standard InChI is InChI=1S/C25H40/c1-4-7-8-9-10-11-14-21-17-18-22(19-21)20-24(6-3)25-16-13-12-15-23(25)5-2/h11-16,21-22,24H,4-10,17-20H2,1-3H3/b14-11+/t21?,22-,24?/m0/s1. The Bertz CT molecular complexity index is 499. The molecular weight excluding hydrogens is 300 g/mol. The second kappa shape index (κ2) is 11.6. The summed E-state index contributed by atoms with van der Waals surface area (Å²) in [5.74, 6) is 2.55. The van der Waals surface area contributed by atoms with E-state index in [1.807, 2.05) is 0 Å². The van der Waals surface area contributed by atoms with Gasteiger partial charge in [0.1, 0.15) is 0 Å². The highest BCUT2D eigenvalue weighted by atomic mass is 14.3. The van der Waals surface area contributed by atoms with Crippen molar-refractivity contribution in [3.05, 3.63) is 47.5 Å². The van der Waals surface area contributed by atoms with E-state index < -0.39 is 0 Å². The minimum Gasteiger partial charge on any atom is -0.0883 e. The van der Waals surface area contributed by atoms with E-state index in [1.165, 1.54) is 70.6 Å². The molecule has 0 aliphatic heterocycles. The molecule has 140 valence electrons. The van der Waals surface area contributed by atoms with Crippen LogP contribution in [0, 0.1) is 11.8 Å². The molecule has 0 aromatic heterocycles. The van der Waals surface area contributed by atoms with Crippen LogP contribution in [0.1, 0.15) is 102 Å². The van der Waals surface area contributed by atoms with Gasteiger partial charge in [-0.2, -0.15) is 0 Å². The molecule has 2 rings (SSSR count). The first-order valence-corrected chi connectivity index (χ1v) is 11.0. The zero-order valence-corrected chi connectivity index (χ0v) is 17.0. The van der Waals surface area contributed by atoms with Crippen LogP contribution in [0.2, 0.25) is 0 Å². The maximum atomic E-state index is 2.55. The zero-order valence-electron chi connectivity index (χ0n) is 17.0. The number of allylic oxidation sites excluding steroid dienone is 2. The van der Waals surface area contributed by atoms with E-state index in [0.717, 1.165) is 17.8 Å². The van der Waals surface area contributed by atoms with Crippen molar-refractivity contribution in [3.8, 4) is 0 Å². The number of hydrogen-bond donors (Lipinski definition) is 0. The second-order valence-electron chi connectivity index (χ2n) is 8.11. The fraction of sp³-hybridized carbons (Fsp3) is 0.680. The van der Waals surface area contributed by atoms with Gasteiger partial charge in [-0.05, 0) is 80.2 Å². The molecule has 1 aliphatic rings. The molecule has 2 unspecified atom stereocenters. The van der Waals surface area contributed by atoms with Gasteiger partial charge in [-0.3, -0.25) is 0 Å². The molecule has 1 saturated carbocycles. The van der Waals surface area contributed by atoms with Gasteiger partial charge in [0.25, 0.3) is 0 Å². The van der Waals surface area contributed by atoms with Crippen molar-refractivity contribution >= 4 is 0 Å². The highest BCUT2D eigenvalue weighted by Crippen LogP contribution is 2.40. The van der Waals surface area contributed by atoms with E-state index in [2.05, 4.69) is 57.2 Å². The van der Waals surface area contributed by atoms with Crippen LogP contribution in [0.3, 0.4) is 0 Å². The lowest BCUT2D eigenvalue weighted by Gasteiger charge is -2.22. The van der Waals surface area contributed by atoms with Gasteiger partial charge in [0.15, 0.2) is 0 Å². The van der Waals surface area contributed by atoms with Crippen LogP contribution in [0.5, 0.6) is 0 Å². The second-order valence-corrected chi connectivity index (χ2v) is 8.11. The topological polar surface area (TPSA) is 0 Å². The molecule has 1 fully saturated rings. The molecule has 0 radical (unpaired) electrons. The predicted octanol–water partition coefficient (Wildman–Crippen LogP) is 8.08. The summed E-state index contributed by atoms with van der Waals surface area (Å²) in [7, 11) is 0. The molecule has 1 aromatic carbocycles. The summed E-state index contributed by atoms with van der Waals surface area (Å²) >= 11 is 0. The van der Waals surface area contributed by atoms with Gasteiger partial charge in [0.2, 0.25) is 0 Å². The van der Waals surface area contributed by atoms with Crippen LogP contribution < -0.4 is 0 Å². The maximum absolute atomic E-state index is 2.55. The molecule has 0 heteroatoms. The van der Waals surface area contributed by atoms with E-state index in [0.29, 0.717) is 0 Å². The summed E-state index contributed by atoms with van der Waals surface area (Å²) in [6, 6.07) is 9.15. The lowest BCUT2D eigenvalue weighted by atomic mass is 9.83. The molecule has 0 N–H and O–H groups in total. The summed E-state index contributed by atoms with van der Waals surface area (Å²) in [6.07, 6.45) is 20.0. The smallest absolute Gasteiger partial charge is 0.0159 e. The minimum absolute atomic E-state index is 0.762. The molecule has 0 amide bonds. The third kappa shape index (κ3) is 6.65. The molecule has 1 aromatic rings. The summed E-state index contributed by atoms with van der Waals surface area (Å²) < 4.78 is 0. The molecule has 1 aliphatic carbocycles. The quantitative estimate of drug-likeness (QED) is 0.282. The summed E-state index contributed by atoms with van der Waals surface area (Å²) in [4.78, 5) is 0. The van der Waals surface area contributed by atoms with Crippen LogP contribution in [0.4, 0.5) is 0 Å². The van der Waals surface area contributed by atoms with Crippen molar-refractivity contribution in [2.45, 2.75) is 97.3 Å². The average molecular weight is 341 g/mol. The minimum atomic E-state index is 0.762. The van der Waals surface area contributed by atoms with Gasteiger partial charge in [0, 0.05) is 0 Å². The van der Waals surface area contributed by atoms with Crippen LogP contribution >= 0.6 is 0 Å². The molecule has 0 spiro atoms. The lowest BCUT2D eigenvalue weighted by molar-refractivity contribution is 0.428. The SMILES string of the molecule is CCCCCC/C=C/C1CC[C@H](CC(CC)c2ccccc2CC)C1. The Balaban J connectivity index is 1.80. The number of unbranched alkanes of at least 4 members (excludes halogenated alkanes) is 4. The van der Waals surface area contributed by atoms with Gasteiger partial charge in [-0.25, -0.2) is 0 Å². The zero-order chi connectivity index (χ0) is 17.9. The first-order chi connectivity index (χ1) is 12.3. The molecule has 0 bridgehead atoms. The van der Waals surface area contributed by atoms with Crippen molar-refractivity contribution in [2.75, 3.05) is 0 Å². The normalized spacial score (nSPS) is 21.9. The Hall–Kier alpha value is -1.04. The Morgan fingerprint density at radius 1 is 1.04 bits per heavy atom. The number of rotatable bonds is 11. The fourth-order valence-electron chi connectivity index (χ4n) is 4.65. The van der Waals surface area contributed by atoms with Crippen molar-refractivity contribution in [2.24, 2.45) is 11.8 Å². The number of hydrogen-bond acceptors (Lipinski definition) is 0. The Morgan fingerprint density at radius 3 is 2.64 bits per heavy atom. The monoisotopic (exact) mass is 340 g/mol. The molecule has 3 atom stereocenters. The van der Waals surface area contributed by atoms with Gasteiger partial charge >= 0.3 is 0 Å². The maximum Gasteiger partial charge on any atom is -0.0159 e. The van der Waals surface area contributed by atoms with Crippen LogP contribution in [0.25, 0.3) is 0 Å². The fourth-order valence-corrected chi connectivity index (χ4v) is 4.65. The molecule has 0 heterocycles. The van der Waals surface area contributed by atoms with Crippen molar-refractivity contribution in [1.29, 1.82) is 0 Å². The van der Waals surface area contributed by atoms with Crippen molar-refractivity contribution in [1.82, 2.24) is 0 Å². The summed E-state index contributed by atoms with van der Waals surface area (Å²) in [6.45, 7) is 6.96. The van der Waals surface area contributed by atoms with Gasteiger partial charge in [-0.1, -0.05) is 76.5 Å². The van der Waals surface area contributed by atoms with Crippen LogP contribution in [-0.4, -0.2) is 0 Å². The van der Waals surface area contributed by atoms with Crippen molar-refractivity contribution in [3.63, 3.8) is 0 Å². The third-order valence-electron chi connectivity index (χ3n) is 6.20. The van der Waals surface area contributed by atoms with Crippen LogP contribution in [-0.2, 0) is 6.42 Å². The van der Waals surface area contributed by atoms with E-state index in [9.17, 15) is 0 Å². The number of aryl methyl sites for hydroxylation is 1. The Labute approximate surface area is 157 Å². The highest BCUT2D eigenvalue weighted by molar-refractivity contribution is 5.30. The van der Waals surface area contributed by atoms with Gasteiger partial charge < -0.3 is 0 Å². The van der Waals surface area contributed by atoms with E-state index >= 15 is 0 Å². The van der Waals surface area contributed by atoms with E-state index in [-0.39, 0.29) is 0 Å². The van der Waals surface area contributed by atoms with E-state index in [4.69, 9.17) is 0 Å². The summed E-state index contributed by atoms with van der Waals surface area (Å²) in [5, 5.41) is 0. The van der Waals surface area contributed by atoms with E-state index in [1.54, 1.807) is 11.1 Å².